The smallest absolute Gasteiger partial charge is 0.135 e. The lowest BCUT2D eigenvalue weighted by molar-refractivity contribution is 0.603. The lowest BCUT2D eigenvalue weighted by Crippen LogP contribution is -1.77. The van der Waals surface area contributed by atoms with Crippen LogP contribution in [0.3, 0.4) is 0 Å². The Hall–Kier alpha value is -1.76. The Morgan fingerprint density at radius 2 is 2.13 bits per heavy atom. The molecule has 0 aliphatic rings. The number of hydrogen-bond donors (Lipinski definition) is 0. The fourth-order valence-corrected chi connectivity index (χ4v) is 1.85. The van der Waals surface area contributed by atoms with E-state index in [1.54, 1.807) is 6.08 Å². The first-order valence-electron chi connectivity index (χ1n) is 5.05. The van der Waals surface area contributed by atoms with Crippen molar-refractivity contribution < 1.29 is 4.42 Å². The molecule has 1 aromatic carbocycles. The minimum Gasteiger partial charge on any atom is -0.456 e. The van der Waals surface area contributed by atoms with Crippen molar-refractivity contribution in [1.82, 2.24) is 0 Å². The van der Waals surface area contributed by atoms with E-state index in [1.807, 2.05) is 25.1 Å². The van der Waals surface area contributed by atoms with Crippen molar-refractivity contribution in [2.75, 3.05) is 0 Å². The maximum atomic E-state index is 5.71. The zero-order chi connectivity index (χ0) is 10.8. The van der Waals surface area contributed by atoms with E-state index in [4.69, 9.17) is 4.42 Å². The molecule has 0 N–H and O–H groups in total. The van der Waals surface area contributed by atoms with Crippen LogP contribution in [0.25, 0.3) is 23.1 Å². The molecule has 0 spiro atoms. The van der Waals surface area contributed by atoms with Crippen molar-refractivity contribution in [2.45, 2.75) is 13.8 Å². The van der Waals surface area contributed by atoms with Gasteiger partial charge in [-0.15, -0.1) is 0 Å². The Labute approximate surface area is 89.7 Å². The van der Waals surface area contributed by atoms with Gasteiger partial charge in [0.15, 0.2) is 0 Å². The van der Waals surface area contributed by atoms with E-state index in [-0.39, 0.29) is 0 Å². The molecule has 0 aliphatic heterocycles. The average Bonchev–Trinajstić information content (AvgIpc) is 2.58. The Kier molecular flexibility index (Phi) is 2.46. The average molecular weight is 198 g/mol. The van der Waals surface area contributed by atoms with Gasteiger partial charge >= 0.3 is 0 Å². The van der Waals surface area contributed by atoms with Gasteiger partial charge in [-0.25, -0.2) is 0 Å². The normalized spacial score (nSPS) is 11.3. The molecule has 0 unspecified atom stereocenters. The van der Waals surface area contributed by atoms with Crippen molar-refractivity contribution in [3.8, 4) is 0 Å². The first-order valence-corrected chi connectivity index (χ1v) is 5.05. The molecule has 0 amide bonds. The Balaban J connectivity index is 2.88. The van der Waals surface area contributed by atoms with E-state index < -0.39 is 0 Å². The summed E-state index contributed by atoms with van der Waals surface area (Å²) < 4.78 is 5.71. The summed E-state index contributed by atoms with van der Waals surface area (Å²) in [5.41, 5.74) is 3.29. The summed E-state index contributed by atoms with van der Waals surface area (Å²) in [6, 6.07) is 6.09. The number of furan rings is 1. The molecule has 0 atom stereocenters. The predicted octanol–water partition coefficient (Wildman–Crippen LogP) is 4.42. The van der Waals surface area contributed by atoms with Gasteiger partial charge in [0.2, 0.25) is 0 Å². The van der Waals surface area contributed by atoms with Gasteiger partial charge in [0.05, 0.1) is 0 Å². The number of hydrogen-bond acceptors (Lipinski definition) is 1. The molecule has 0 radical (unpaired) electrons. The first kappa shape index (κ1) is 9.78. The third-order valence-corrected chi connectivity index (χ3v) is 2.51. The van der Waals surface area contributed by atoms with Gasteiger partial charge in [-0.1, -0.05) is 30.9 Å². The van der Waals surface area contributed by atoms with E-state index in [1.165, 1.54) is 10.9 Å². The van der Waals surface area contributed by atoms with E-state index >= 15 is 0 Å². The van der Waals surface area contributed by atoms with Crippen LogP contribution in [0.15, 0.2) is 35.3 Å². The van der Waals surface area contributed by atoms with E-state index in [0.717, 1.165) is 16.9 Å². The van der Waals surface area contributed by atoms with Gasteiger partial charge in [-0.05, 0) is 31.6 Å². The number of benzene rings is 1. The third-order valence-electron chi connectivity index (χ3n) is 2.51. The number of rotatable bonds is 2. The molecule has 0 saturated heterocycles. The van der Waals surface area contributed by atoms with Crippen LogP contribution in [0.2, 0.25) is 0 Å². The molecule has 0 fully saturated rings. The third kappa shape index (κ3) is 1.50. The lowest BCUT2D eigenvalue weighted by atomic mass is 10.1. The molecule has 1 nitrogen and oxygen atoms in total. The molecule has 15 heavy (non-hydrogen) atoms. The molecular formula is C14H14O. The van der Waals surface area contributed by atoms with Crippen LogP contribution in [0.4, 0.5) is 0 Å². The Morgan fingerprint density at radius 3 is 2.80 bits per heavy atom. The first-order chi connectivity index (χ1) is 7.27. The number of aryl methyl sites for hydroxylation is 1. The van der Waals surface area contributed by atoms with Crippen LogP contribution < -0.4 is 0 Å². The second-order valence-corrected chi connectivity index (χ2v) is 3.53. The fourth-order valence-electron chi connectivity index (χ4n) is 1.85. The second kappa shape index (κ2) is 3.77. The lowest BCUT2D eigenvalue weighted by Gasteiger charge is -1.95. The molecule has 0 aliphatic carbocycles. The standard InChI is InChI=1S/C14H14O/c1-4-7-11-12(5-2)15-13-9-6-8-10(3)14(11)13/h4-9H,2H2,1,3H3/b7-4-. The van der Waals surface area contributed by atoms with Crippen LogP contribution in [0, 0.1) is 6.92 Å². The van der Waals surface area contributed by atoms with Crippen molar-refractivity contribution in [3.63, 3.8) is 0 Å². The van der Waals surface area contributed by atoms with Crippen LogP contribution in [-0.4, -0.2) is 0 Å². The van der Waals surface area contributed by atoms with Gasteiger partial charge in [-0.2, -0.15) is 0 Å². The molecule has 1 heterocycles. The number of allylic oxidation sites excluding steroid dienone is 1. The highest BCUT2D eigenvalue weighted by Crippen LogP contribution is 2.30. The minimum absolute atomic E-state index is 0.845. The highest BCUT2D eigenvalue weighted by atomic mass is 16.3. The zero-order valence-electron chi connectivity index (χ0n) is 9.08. The number of fused-ring (bicyclic) bond motifs is 1. The summed E-state index contributed by atoms with van der Waals surface area (Å²) in [4.78, 5) is 0. The SMILES string of the molecule is C=Cc1oc2cccc(C)c2c1/C=C\C. The van der Waals surface area contributed by atoms with Gasteiger partial charge in [0.1, 0.15) is 11.3 Å². The monoisotopic (exact) mass is 198 g/mol. The molecule has 2 aromatic rings. The second-order valence-electron chi connectivity index (χ2n) is 3.53. The largest absolute Gasteiger partial charge is 0.456 e. The Morgan fingerprint density at radius 1 is 1.33 bits per heavy atom. The van der Waals surface area contributed by atoms with Crippen LogP contribution in [0.1, 0.15) is 23.8 Å². The van der Waals surface area contributed by atoms with E-state index in [2.05, 4.69) is 25.6 Å². The molecule has 0 bridgehead atoms. The van der Waals surface area contributed by atoms with Crippen LogP contribution in [0.5, 0.6) is 0 Å². The highest BCUT2D eigenvalue weighted by Gasteiger charge is 2.10. The van der Waals surface area contributed by atoms with Gasteiger partial charge < -0.3 is 4.42 Å². The topological polar surface area (TPSA) is 13.1 Å². The molecule has 2 rings (SSSR count). The molecular weight excluding hydrogens is 184 g/mol. The minimum atomic E-state index is 0.845. The summed E-state index contributed by atoms with van der Waals surface area (Å²) in [6.07, 6.45) is 5.84. The molecule has 76 valence electrons. The van der Waals surface area contributed by atoms with Crippen LogP contribution in [-0.2, 0) is 0 Å². The molecule has 1 heteroatoms. The summed E-state index contributed by atoms with van der Waals surface area (Å²) in [6.45, 7) is 7.87. The molecule has 1 aromatic heterocycles. The summed E-state index contributed by atoms with van der Waals surface area (Å²) in [5.74, 6) is 0.845. The van der Waals surface area contributed by atoms with Gasteiger partial charge in [0.25, 0.3) is 0 Å². The van der Waals surface area contributed by atoms with E-state index in [9.17, 15) is 0 Å². The maximum Gasteiger partial charge on any atom is 0.135 e. The van der Waals surface area contributed by atoms with Gasteiger partial charge in [-0.3, -0.25) is 0 Å². The predicted molar refractivity (Wildman–Crippen MR) is 65.8 cm³/mol. The van der Waals surface area contributed by atoms with Crippen molar-refractivity contribution in [2.24, 2.45) is 0 Å². The van der Waals surface area contributed by atoms with Crippen molar-refractivity contribution in [1.29, 1.82) is 0 Å². The summed E-state index contributed by atoms with van der Waals surface area (Å²) >= 11 is 0. The summed E-state index contributed by atoms with van der Waals surface area (Å²) in [5, 5.41) is 1.19. The quantitative estimate of drug-likeness (QED) is 0.696. The summed E-state index contributed by atoms with van der Waals surface area (Å²) in [7, 11) is 0. The fraction of sp³-hybridized carbons (Fsp3) is 0.143. The maximum absolute atomic E-state index is 5.71. The van der Waals surface area contributed by atoms with E-state index in [0.29, 0.717) is 0 Å². The highest BCUT2D eigenvalue weighted by molar-refractivity contribution is 5.93. The van der Waals surface area contributed by atoms with Gasteiger partial charge in [0, 0.05) is 10.9 Å². The van der Waals surface area contributed by atoms with Crippen molar-refractivity contribution >= 4 is 23.1 Å². The Bertz CT molecular complexity index is 530. The molecule has 0 saturated carbocycles. The van der Waals surface area contributed by atoms with Crippen molar-refractivity contribution in [3.05, 3.63) is 47.7 Å². The zero-order valence-corrected chi connectivity index (χ0v) is 9.08. The van der Waals surface area contributed by atoms with Crippen LogP contribution >= 0.6 is 0 Å².